The molecule has 0 bridgehead atoms. The number of phenols is 2. The van der Waals surface area contributed by atoms with Gasteiger partial charge in [-0.1, -0.05) is 38.1 Å². The fourth-order valence-corrected chi connectivity index (χ4v) is 6.23. The zero-order valence-corrected chi connectivity index (χ0v) is 21.5. The molecule has 0 aliphatic carbocycles. The lowest BCUT2D eigenvalue weighted by Crippen LogP contribution is -2.35. The lowest BCUT2D eigenvalue weighted by Gasteiger charge is -2.34. The summed E-state index contributed by atoms with van der Waals surface area (Å²) < 4.78 is 27.1. The first-order valence-electron chi connectivity index (χ1n) is 12.4. The molecule has 190 valence electrons. The number of ether oxygens (including phenoxy) is 2. The molecule has 3 aromatic rings. The predicted molar refractivity (Wildman–Crippen MR) is 139 cm³/mol. The molecule has 2 aliphatic heterocycles. The summed E-state index contributed by atoms with van der Waals surface area (Å²) >= 11 is 1.29. The van der Waals surface area contributed by atoms with Crippen LogP contribution in [-0.4, -0.2) is 40.9 Å². The average Bonchev–Trinajstić information content (AvgIpc) is 3.22. The van der Waals surface area contributed by atoms with Crippen LogP contribution in [0, 0.1) is 17.7 Å². The summed E-state index contributed by atoms with van der Waals surface area (Å²) in [6, 6.07) is 18.0. The number of rotatable bonds is 6. The number of hydrogen-bond donors (Lipinski definition) is 2. The van der Waals surface area contributed by atoms with E-state index < -0.39 is 17.7 Å². The van der Waals surface area contributed by atoms with Gasteiger partial charge in [0.15, 0.2) is 11.6 Å². The van der Waals surface area contributed by atoms with Gasteiger partial charge in [0.1, 0.15) is 30.0 Å². The Morgan fingerprint density at radius 2 is 1.75 bits per heavy atom. The van der Waals surface area contributed by atoms with Crippen molar-refractivity contribution in [3.05, 3.63) is 77.6 Å². The van der Waals surface area contributed by atoms with Gasteiger partial charge in [-0.3, -0.25) is 4.90 Å². The molecule has 3 aromatic carbocycles. The molecule has 0 amide bonds. The van der Waals surface area contributed by atoms with Crippen LogP contribution in [0.1, 0.15) is 43.3 Å². The van der Waals surface area contributed by atoms with E-state index >= 15 is 0 Å². The summed E-state index contributed by atoms with van der Waals surface area (Å²) in [6.07, 6.45) is -0.422. The summed E-state index contributed by atoms with van der Waals surface area (Å²) in [5, 5.41) is 19.6. The van der Waals surface area contributed by atoms with E-state index in [0.29, 0.717) is 30.2 Å². The van der Waals surface area contributed by atoms with Gasteiger partial charge in [-0.15, -0.1) is 11.8 Å². The Hall–Kier alpha value is -2.90. The van der Waals surface area contributed by atoms with Crippen LogP contribution < -0.4 is 9.47 Å². The Bertz CT molecular complexity index is 1210. The molecular formula is C29H32FNO4S. The highest BCUT2D eigenvalue weighted by Crippen LogP contribution is 2.55. The molecule has 0 spiro atoms. The maximum absolute atomic E-state index is 14.7. The minimum atomic E-state index is -0.694. The number of phenolic OH excluding ortho intramolecular Hbond substituents is 2. The molecule has 0 aromatic heterocycles. The lowest BCUT2D eigenvalue weighted by atomic mass is 9.99. The van der Waals surface area contributed by atoms with Crippen molar-refractivity contribution in [1.29, 1.82) is 0 Å². The quantitative estimate of drug-likeness (QED) is 0.392. The van der Waals surface area contributed by atoms with Crippen LogP contribution >= 0.6 is 11.8 Å². The maximum atomic E-state index is 14.7. The van der Waals surface area contributed by atoms with Gasteiger partial charge >= 0.3 is 0 Å². The van der Waals surface area contributed by atoms with Crippen molar-refractivity contribution in [3.8, 4) is 23.0 Å². The van der Waals surface area contributed by atoms with Gasteiger partial charge in [-0.2, -0.15) is 0 Å². The topological polar surface area (TPSA) is 62.2 Å². The molecule has 5 rings (SSSR count). The Labute approximate surface area is 215 Å². The van der Waals surface area contributed by atoms with Crippen LogP contribution in [0.15, 0.2) is 65.6 Å². The van der Waals surface area contributed by atoms with Gasteiger partial charge in [0.05, 0.1) is 10.1 Å². The van der Waals surface area contributed by atoms with Crippen molar-refractivity contribution in [2.75, 3.05) is 19.7 Å². The van der Waals surface area contributed by atoms with Gasteiger partial charge in [0.2, 0.25) is 0 Å². The third-order valence-electron chi connectivity index (χ3n) is 7.35. The zero-order chi connectivity index (χ0) is 25.4. The number of fused-ring (bicyclic) bond motifs is 1. The van der Waals surface area contributed by atoms with E-state index in [9.17, 15) is 14.6 Å². The summed E-state index contributed by atoms with van der Waals surface area (Å²) in [5.41, 5.74) is 1.72. The van der Waals surface area contributed by atoms with Crippen molar-refractivity contribution < 1.29 is 24.1 Å². The van der Waals surface area contributed by atoms with Crippen LogP contribution in [0.2, 0.25) is 0 Å². The van der Waals surface area contributed by atoms with Crippen molar-refractivity contribution in [1.82, 2.24) is 4.90 Å². The highest BCUT2D eigenvalue weighted by molar-refractivity contribution is 7.99. The van der Waals surface area contributed by atoms with Gasteiger partial charge in [-0.25, -0.2) is 4.39 Å². The molecule has 7 heteroatoms. The van der Waals surface area contributed by atoms with Gasteiger partial charge < -0.3 is 19.7 Å². The Morgan fingerprint density at radius 1 is 1.03 bits per heavy atom. The van der Waals surface area contributed by atoms with Crippen LogP contribution in [0.4, 0.5) is 4.39 Å². The van der Waals surface area contributed by atoms with Crippen molar-refractivity contribution >= 4 is 11.8 Å². The van der Waals surface area contributed by atoms with Crippen LogP contribution in [0.5, 0.6) is 23.0 Å². The van der Waals surface area contributed by atoms with E-state index in [0.717, 1.165) is 30.0 Å². The molecule has 5 nitrogen and oxygen atoms in total. The van der Waals surface area contributed by atoms with Gasteiger partial charge in [0, 0.05) is 19.1 Å². The van der Waals surface area contributed by atoms with E-state index in [2.05, 4.69) is 25.7 Å². The molecule has 1 fully saturated rings. The predicted octanol–water partition coefficient (Wildman–Crippen LogP) is 6.56. The number of halogens is 1. The van der Waals surface area contributed by atoms with Crippen molar-refractivity contribution in [2.24, 2.45) is 11.8 Å². The molecular weight excluding hydrogens is 477 g/mol. The van der Waals surface area contributed by atoms with E-state index in [1.54, 1.807) is 24.3 Å². The molecule has 2 aliphatic rings. The third kappa shape index (κ3) is 5.00. The highest BCUT2D eigenvalue weighted by Gasteiger charge is 2.36. The maximum Gasteiger partial charge on any atom is 0.182 e. The van der Waals surface area contributed by atoms with Gasteiger partial charge in [0.25, 0.3) is 0 Å². The molecule has 2 heterocycles. The lowest BCUT2D eigenvalue weighted by molar-refractivity contribution is 0.166. The zero-order valence-electron chi connectivity index (χ0n) is 20.7. The number of aromatic hydroxyl groups is 2. The van der Waals surface area contributed by atoms with E-state index in [4.69, 9.17) is 9.47 Å². The first kappa shape index (κ1) is 24.8. The monoisotopic (exact) mass is 509 g/mol. The second-order valence-electron chi connectivity index (χ2n) is 10.0. The van der Waals surface area contributed by atoms with Gasteiger partial charge in [-0.05, 0) is 66.3 Å². The standard InChI is InChI=1S/C29H32FNO4S/c1-17-14-31(15-18(17)2)19(3)16-34-23-9-7-20(8-10-23)27-28(21-5-4-6-22(32)13-21)36-29-25(35-27)12-11-24(33)26(29)30/h4-13,17-19,27-28,32-33H,14-16H2,1-3H3/t17-,18-,19+,27+,28-/m1/s1. The second-order valence-corrected chi connectivity index (χ2v) is 11.2. The van der Waals surface area contributed by atoms with Crippen LogP contribution in [-0.2, 0) is 0 Å². The molecule has 5 atom stereocenters. The third-order valence-corrected chi connectivity index (χ3v) is 8.74. The Balaban J connectivity index is 1.35. The molecule has 2 N–H and O–H groups in total. The van der Waals surface area contributed by atoms with Crippen molar-refractivity contribution in [2.45, 2.75) is 43.1 Å². The molecule has 36 heavy (non-hydrogen) atoms. The summed E-state index contributed by atoms with van der Waals surface area (Å²) in [5.74, 6) is 1.63. The summed E-state index contributed by atoms with van der Waals surface area (Å²) in [7, 11) is 0. The number of likely N-dealkylation sites (tertiary alicyclic amines) is 1. The minimum absolute atomic E-state index is 0.133. The average molecular weight is 510 g/mol. The molecule has 1 saturated heterocycles. The van der Waals surface area contributed by atoms with Crippen molar-refractivity contribution in [3.63, 3.8) is 0 Å². The fourth-order valence-electron chi connectivity index (χ4n) is 4.92. The van der Waals surface area contributed by atoms with Crippen LogP contribution in [0.25, 0.3) is 0 Å². The Morgan fingerprint density at radius 3 is 2.44 bits per heavy atom. The highest BCUT2D eigenvalue weighted by atomic mass is 32.2. The normalized spacial score (nSPS) is 24.7. The number of thioether (sulfide) groups is 1. The van der Waals surface area contributed by atoms with E-state index in [1.165, 1.54) is 17.8 Å². The Kier molecular flexibility index (Phi) is 7.04. The number of hydrogen-bond acceptors (Lipinski definition) is 6. The molecule has 0 saturated carbocycles. The summed E-state index contributed by atoms with van der Waals surface area (Å²) in [4.78, 5) is 2.75. The van der Waals surface area contributed by atoms with E-state index in [-0.39, 0.29) is 15.9 Å². The SMILES string of the molecule is C[C@@H]1CN([C@@H](C)COc2ccc([C@@H]3Oc4ccc(O)c(F)c4S[C@@H]3c3cccc(O)c3)cc2)C[C@H]1C. The fraction of sp³-hybridized carbons (Fsp3) is 0.379. The molecule has 0 radical (unpaired) electrons. The smallest absolute Gasteiger partial charge is 0.182 e. The van der Waals surface area contributed by atoms with Crippen LogP contribution in [0.3, 0.4) is 0 Å². The van der Waals surface area contributed by atoms with E-state index in [1.807, 2.05) is 30.3 Å². The minimum Gasteiger partial charge on any atom is -0.508 e. The largest absolute Gasteiger partial charge is 0.508 e. The molecule has 0 unspecified atom stereocenters. The number of nitrogens with zero attached hydrogens (tertiary/aromatic N) is 1. The second kappa shape index (κ2) is 10.2. The first-order chi connectivity index (χ1) is 17.3. The number of benzene rings is 3. The summed E-state index contributed by atoms with van der Waals surface area (Å²) in [6.45, 7) is 9.66. The first-order valence-corrected chi connectivity index (χ1v) is 13.3.